The first-order chi connectivity index (χ1) is 13.8. The van der Waals surface area contributed by atoms with E-state index < -0.39 is 0 Å². The number of hydrogen-bond donors (Lipinski definition) is 1. The number of nitrogens with one attached hydrogen (secondary N) is 1. The molecule has 1 saturated heterocycles. The van der Waals surface area contributed by atoms with Crippen LogP contribution < -0.4 is 5.32 Å². The summed E-state index contributed by atoms with van der Waals surface area (Å²) in [5, 5.41) is 2.82. The maximum atomic E-state index is 12.3. The van der Waals surface area contributed by atoms with Gasteiger partial charge in [-0.25, -0.2) is 0 Å². The number of anilines is 1. The molecule has 0 atom stereocenters. The van der Waals surface area contributed by atoms with Gasteiger partial charge in [0, 0.05) is 57.9 Å². The Balaban J connectivity index is 1.75. The van der Waals surface area contributed by atoms with Crippen LogP contribution in [0.3, 0.4) is 0 Å². The lowest BCUT2D eigenvalue weighted by Gasteiger charge is -2.34. The second-order valence-corrected chi connectivity index (χ2v) is 7.73. The molecule has 4 amide bonds. The fraction of sp³-hybridized carbons (Fsp3) is 0.500. The molecule has 0 bridgehead atoms. The molecule has 1 aliphatic rings. The second kappa shape index (κ2) is 10.8. The van der Waals surface area contributed by atoms with Gasteiger partial charge in [-0.15, -0.1) is 11.8 Å². The van der Waals surface area contributed by atoms with E-state index in [-0.39, 0.29) is 43.0 Å². The molecule has 1 N–H and O–H groups in total. The maximum absolute atomic E-state index is 12.3. The van der Waals surface area contributed by atoms with Crippen LogP contribution in [0.4, 0.5) is 5.69 Å². The number of carbonyl (C=O) groups is 4. The molecule has 0 radical (unpaired) electrons. The Morgan fingerprint density at radius 2 is 1.66 bits per heavy atom. The fourth-order valence-corrected chi connectivity index (χ4v) is 3.63. The summed E-state index contributed by atoms with van der Waals surface area (Å²) in [7, 11) is 1.55. The Labute approximate surface area is 175 Å². The van der Waals surface area contributed by atoms with E-state index in [1.54, 1.807) is 16.8 Å². The van der Waals surface area contributed by atoms with Crippen molar-refractivity contribution in [2.24, 2.45) is 0 Å². The molecule has 158 valence electrons. The van der Waals surface area contributed by atoms with Crippen LogP contribution in [0, 0.1) is 0 Å². The van der Waals surface area contributed by atoms with Crippen LogP contribution in [0.1, 0.15) is 19.8 Å². The molecule has 1 aliphatic heterocycles. The van der Waals surface area contributed by atoms with Gasteiger partial charge in [0.05, 0.1) is 12.2 Å². The summed E-state index contributed by atoms with van der Waals surface area (Å²) in [6.07, 6.45) is 2.08. The monoisotopic (exact) mass is 420 g/mol. The smallest absolute Gasteiger partial charge is 0.244 e. The molecular formula is C20H28N4O4S. The molecule has 0 aromatic heterocycles. The van der Waals surface area contributed by atoms with Crippen LogP contribution in [0.5, 0.6) is 0 Å². The number of rotatable bonds is 7. The second-order valence-electron chi connectivity index (χ2n) is 6.89. The Hall–Kier alpha value is -2.55. The topological polar surface area (TPSA) is 90.0 Å². The first-order valence-electron chi connectivity index (χ1n) is 9.52. The molecule has 1 heterocycles. The molecule has 1 aromatic rings. The summed E-state index contributed by atoms with van der Waals surface area (Å²) in [4.78, 5) is 53.9. The molecule has 29 heavy (non-hydrogen) atoms. The summed E-state index contributed by atoms with van der Waals surface area (Å²) >= 11 is 1.53. The van der Waals surface area contributed by atoms with E-state index in [1.807, 2.05) is 30.5 Å². The third-order valence-corrected chi connectivity index (χ3v) is 5.61. The number of piperazine rings is 1. The van der Waals surface area contributed by atoms with Crippen molar-refractivity contribution in [3.63, 3.8) is 0 Å². The van der Waals surface area contributed by atoms with Crippen LogP contribution in [0.2, 0.25) is 0 Å². The van der Waals surface area contributed by atoms with Gasteiger partial charge in [0.15, 0.2) is 0 Å². The lowest BCUT2D eigenvalue weighted by Crippen LogP contribution is -2.50. The Kier molecular flexibility index (Phi) is 8.50. The van der Waals surface area contributed by atoms with Gasteiger partial charge in [-0.3, -0.25) is 19.2 Å². The van der Waals surface area contributed by atoms with E-state index in [4.69, 9.17) is 0 Å². The zero-order chi connectivity index (χ0) is 21.4. The molecular weight excluding hydrogens is 392 g/mol. The summed E-state index contributed by atoms with van der Waals surface area (Å²) in [6.45, 7) is 3.45. The molecule has 0 saturated carbocycles. The van der Waals surface area contributed by atoms with Crippen LogP contribution in [0.25, 0.3) is 0 Å². The van der Waals surface area contributed by atoms with E-state index in [2.05, 4.69) is 5.32 Å². The highest BCUT2D eigenvalue weighted by molar-refractivity contribution is 7.98. The Morgan fingerprint density at radius 3 is 2.28 bits per heavy atom. The van der Waals surface area contributed by atoms with Crippen molar-refractivity contribution in [2.45, 2.75) is 24.7 Å². The lowest BCUT2D eigenvalue weighted by molar-refractivity contribution is -0.140. The van der Waals surface area contributed by atoms with Crippen molar-refractivity contribution in [1.29, 1.82) is 0 Å². The van der Waals surface area contributed by atoms with Gasteiger partial charge < -0.3 is 20.0 Å². The largest absolute Gasteiger partial charge is 0.339 e. The zero-order valence-corrected chi connectivity index (χ0v) is 18.0. The van der Waals surface area contributed by atoms with Crippen LogP contribution in [0.15, 0.2) is 29.2 Å². The minimum atomic E-state index is -0.283. The summed E-state index contributed by atoms with van der Waals surface area (Å²) in [5.41, 5.74) is 0.714. The predicted molar refractivity (Wildman–Crippen MR) is 113 cm³/mol. The molecule has 0 aliphatic carbocycles. The molecule has 9 heteroatoms. The molecule has 1 aromatic carbocycles. The van der Waals surface area contributed by atoms with E-state index in [0.717, 1.165) is 4.90 Å². The van der Waals surface area contributed by atoms with Crippen molar-refractivity contribution in [1.82, 2.24) is 14.7 Å². The highest BCUT2D eigenvalue weighted by atomic mass is 32.2. The molecule has 0 spiro atoms. The standard InChI is InChI=1S/C20H28N4O4S/c1-15(25)23-10-12-24(13-11-23)20(28)9-8-19(27)22(2)14-18(26)21-16-6-4-5-7-17(16)29-3/h4-7H,8-14H2,1-3H3,(H,21,26). The van der Waals surface area contributed by atoms with E-state index in [0.29, 0.717) is 31.9 Å². The van der Waals surface area contributed by atoms with E-state index in [9.17, 15) is 19.2 Å². The van der Waals surface area contributed by atoms with Gasteiger partial charge in [0.1, 0.15) is 0 Å². The minimum Gasteiger partial charge on any atom is -0.339 e. The van der Waals surface area contributed by atoms with Crippen LogP contribution >= 0.6 is 11.8 Å². The van der Waals surface area contributed by atoms with Gasteiger partial charge >= 0.3 is 0 Å². The van der Waals surface area contributed by atoms with Crippen molar-refractivity contribution >= 4 is 41.1 Å². The quantitative estimate of drug-likeness (QED) is 0.671. The third-order valence-electron chi connectivity index (χ3n) is 4.82. The number of carbonyl (C=O) groups excluding carboxylic acids is 4. The zero-order valence-electron chi connectivity index (χ0n) is 17.1. The average molecular weight is 421 g/mol. The van der Waals surface area contributed by atoms with Crippen molar-refractivity contribution in [2.75, 3.05) is 51.3 Å². The lowest BCUT2D eigenvalue weighted by atomic mass is 10.2. The number of amides is 4. The van der Waals surface area contributed by atoms with Crippen molar-refractivity contribution in [3.8, 4) is 0 Å². The van der Waals surface area contributed by atoms with Crippen molar-refractivity contribution < 1.29 is 19.2 Å². The van der Waals surface area contributed by atoms with Gasteiger partial charge in [0.25, 0.3) is 0 Å². The fourth-order valence-electron chi connectivity index (χ4n) is 3.07. The Morgan fingerprint density at radius 1 is 1.03 bits per heavy atom. The van der Waals surface area contributed by atoms with Crippen LogP contribution in [-0.4, -0.2) is 84.4 Å². The van der Waals surface area contributed by atoms with Crippen LogP contribution in [-0.2, 0) is 19.2 Å². The molecule has 1 fully saturated rings. The minimum absolute atomic E-state index is 0.00679. The number of thioether (sulfide) groups is 1. The summed E-state index contributed by atoms with van der Waals surface area (Å²) in [5.74, 6) is -0.635. The third kappa shape index (κ3) is 6.77. The van der Waals surface area contributed by atoms with Gasteiger partial charge in [0.2, 0.25) is 23.6 Å². The molecule has 8 nitrogen and oxygen atoms in total. The number of para-hydroxylation sites is 1. The number of nitrogens with zero attached hydrogens (tertiary/aromatic N) is 3. The van der Waals surface area contributed by atoms with Gasteiger partial charge in [-0.05, 0) is 18.4 Å². The van der Waals surface area contributed by atoms with E-state index in [1.165, 1.54) is 23.6 Å². The first kappa shape index (κ1) is 22.7. The van der Waals surface area contributed by atoms with Crippen molar-refractivity contribution in [3.05, 3.63) is 24.3 Å². The van der Waals surface area contributed by atoms with Gasteiger partial charge in [-0.1, -0.05) is 12.1 Å². The highest BCUT2D eigenvalue weighted by Crippen LogP contribution is 2.24. The normalized spacial score (nSPS) is 13.8. The van der Waals surface area contributed by atoms with Gasteiger partial charge in [-0.2, -0.15) is 0 Å². The average Bonchev–Trinajstić information content (AvgIpc) is 2.72. The van der Waals surface area contributed by atoms with E-state index >= 15 is 0 Å². The number of likely N-dealkylation sites (N-methyl/N-ethyl adjacent to an activating group) is 1. The predicted octanol–water partition coefficient (Wildman–Crippen LogP) is 1.28. The maximum Gasteiger partial charge on any atom is 0.244 e. The number of hydrogen-bond acceptors (Lipinski definition) is 5. The first-order valence-corrected chi connectivity index (χ1v) is 10.7. The molecule has 2 rings (SSSR count). The number of benzene rings is 1. The SMILES string of the molecule is CSc1ccccc1NC(=O)CN(C)C(=O)CCC(=O)N1CCN(C(C)=O)CC1. The highest BCUT2D eigenvalue weighted by Gasteiger charge is 2.23. The molecule has 0 unspecified atom stereocenters. The Bertz CT molecular complexity index is 763. The summed E-state index contributed by atoms with van der Waals surface area (Å²) in [6, 6.07) is 7.47. The summed E-state index contributed by atoms with van der Waals surface area (Å²) < 4.78 is 0.